The Morgan fingerprint density at radius 2 is 1.70 bits per heavy atom. The van der Waals surface area contributed by atoms with E-state index in [0.29, 0.717) is 36.7 Å². The van der Waals surface area contributed by atoms with Gasteiger partial charge in [-0.3, -0.25) is 19.2 Å². The van der Waals surface area contributed by atoms with Gasteiger partial charge in [-0.1, -0.05) is 49.8 Å². The molecule has 0 unspecified atom stereocenters. The van der Waals surface area contributed by atoms with Gasteiger partial charge >= 0.3 is 11.9 Å². The van der Waals surface area contributed by atoms with E-state index in [2.05, 4.69) is 12.2 Å². The molecule has 9 heteroatoms. The molecule has 3 fully saturated rings. The van der Waals surface area contributed by atoms with Gasteiger partial charge in [0.1, 0.15) is 5.60 Å². The highest BCUT2D eigenvalue weighted by Crippen LogP contribution is 2.67. The second kappa shape index (κ2) is 12.0. The quantitative estimate of drug-likeness (QED) is 0.407. The Labute approximate surface area is 252 Å². The van der Waals surface area contributed by atoms with Crippen molar-refractivity contribution < 1.29 is 38.6 Å². The number of nitrogens with one attached hydrogen (secondary N) is 1. The second-order valence-corrected chi connectivity index (χ2v) is 13.3. The van der Waals surface area contributed by atoms with Crippen molar-refractivity contribution in [3.63, 3.8) is 0 Å². The van der Waals surface area contributed by atoms with Gasteiger partial charge < -0.3 is 19.9 Å². The summed E-state index contributed by atoms with van der Waals surface area (Å²) in [7, 11) is 1.23. The summed E-state index contributed by atoms with van der Waals surface area (Å²) in [5, 5.41) is 14.4. The number of carbonyl (C=O) groups is 5. The fourth-order valence-corrected chi connectivity index (χ4v) is 8.86. The minimum atomic E-state index is -1.58. The first kappa shape index (κ1) is 31.1. The predicted octanol–water partition coefficient (Wildman–Crippen LogP) is 4.17. The zero-order valence-electron chi connectivity index (χ0n) is 25.4. The summed E-state index contributed by atoms with van der Waals surface area (Å²) in [5.41, 5.74) is -0.361. The number of benzene rings is 1. The predicted molar refractivity (Wildman–Crippen MR) is 156 cm³/mol. The van der Waals surface area contributed by atoms with Crippen LogP contribution in [0.5, 0.6) is 0 Å². The van der Waals surface area contributed by atoms with Crippen LogP contribution in [0.25, 0.3) is 0 Å². The van der Waals surface area contributed by atoms with Crippen LogP contribution in [-0.2, 0) is 33.4 Å². The number of rotatable bonds is 9. The Kier molecular flexibility index (Phi) is 8.67. The van der Waals surface area contributed by atoms with Crippen molar-refractivity contribution in [2.75, 3.05) is 13.7 Å². The Balaban J connectivity index is 1.16. The maximum atomic E-state index is 13.5. The third kappa shape index (κ3) is 5.56. The molecular weight excluding hydrogens is 550 g/mol. The minimum absolute atomic E-state index is 0.00264. The summed E-state index contributed by atoms with van der Waals surface area (Å²) in [5.74, 6) is -1.17. The molecule has 4 aliphatic carbocycles. The number of aliphatic hydroxyl groups is 1. The van der Waals surface area contributed by atoms with E-state index in [0.717, 1.165) is 32.1 Å². The van der Waals surface area contributed by atoms with E-state index in [9.17, 15) is 29.1 Å². The molecule has 1 amide bonds. The number of methoxy groups -OCH3 is 1. The number of ether oxygens (including phenoxy) is 2. The van der Waals surface area contributed by atoms with Crippen LogP contribution < -0.4 is 5.32 Å². The maximum absolute atomic E-state index is 13.5. The lowest BCUT2D eigenvalue weighted by Gasteiger charge is -2.58. The van der Waals surface area contributed by atoms with Crippen molar-refractivity contribution in [1.29, 1.82) is 0 Å². The molecule has 0 saturated heterocycles. The van der Waals surface area contributed by atoms with Crippen LogP contribution in [0.3, 0.4) is 0 Å². The van der Waals surface area contributed by atoms with Crippen LogP contribution in [-0.4, -0.2) is 53.8 Å². The molecule has 0 spiro atoms. The van der Waals surface area contributed by atoms with Crippen LogP contribution in [0.4, 0.5) is 0 Å². The molecule has 0 heterocycles. The fraction of sp³-hybridized carbons (Fsp3) is 0.618. The molecule has 0 radical (unpaired) electrons. The molecule has 9 nitrogen and oxygen atoms in total. The summed E-state index contributed by atoms with van der Waals surface area (Å²) in [6.45, 7) is 3.77. The normalized spacial score (nSPS) is 33.6. The average Bonchev–Trinajstić information content (AvgIpc) is 3.29. The Morgan fingerprint density at radius 1 is 0.977 bits per heavy atom. The first-order valence-electron chi connectivity index (χ1n) is 15.5. The number of ketones is 2. The number of allylic oxidation sites excluding steroid dienone is 1. The van der Waals surface area contributed by atoms with Gasteiger partial charge in [0, 0.05) is 18.3 Å². The lowest BCUT2D eigenvalue weighted by Crippen LogP contribution is -2.58. The van der Waals surface area contributed by atoms with Crippen molar-refractivity contribution in [2.24, 2.45) is 28.6 Å². The molecule has 3 saturated carbocycles. The van der Waals surface area contributed by atoms with E-state index >= 15 is 0 Å². The van der Waals surface area contributed by atoms with Crippen molar-refractivity contribution in [3.05, 3.63) is 47.5 Å². The van der Waals surface area contributed by atoms with E-state index in [1.54, 1.807) is 30.3 Å². The molecular formula is C34H43NO8. The first-order valence-corrected chi connectivity index (χ1v) is 15.5. The Hall–Kier alpha value is -3.33. The average molecular weight is 594 g/mol. The summed E-state index contributed by atoms with van der Waals surface area (Å²) >= 11 is 0. The van der Waals surface area contributed by atoms with Gasteiger partial charge in [-0.2, -0.15) is 0 Å². The summed E-state index contributed by atoms with van der Waals surface area (Å²) in [4.78, 5) is 62.8. The van der Waals surface area contributed by atoms with Crippen molar-refractivity contribution >= 4 is 29.4 Å². The van der Waals surface area contributed by atoms with Gasteiger partial charge in [0.15, 0.2) is 18.4 Å². The van der Waals surface area contributed by atoms with E-state index < -0.39 is 47.3 Å². The monoisotopic (exact) mass is 593 g/mol. The van der Waals surface area contributed by atoms with Crippen molar-refractivity contribution in [3.8, 4) is 0 Å². The van der Waals surface area contributed by atoms with Gasteiger partial charge in [-0.05, 0) is 79.8 Å². The van der Waals surface area contributed by atoms with Crippen molar-refractivity contribution in [2.45, 2.75) is 89.7 Å². The van der Waals surface area contributed by atoms with Gasteiger partial charge in [0.05, 0.1) is 13.5 Å². The van der Waals surface area contributed by atoms with Crippen molar-refractivity contribution in [1.82, 2.24) is 5.32 Å². The SMILES string of the molecule is COC(=O)[C@H](NC(=O)CCC(=O)OCC(=O)[C@@]1(O)CC[C@@H]2[C@@H]3CCC4=CC(=O)CC[C@]4(C)[C@@H]3CC[C@@]21C)c1ccccc1. The smallest absolute Gasteiger partial charge is 0.333 e. The largest absolute Gasteiger partial charge is 0.467 e. The fourth-order valence-electron chi connectivity index (χ4n) is 8.86. The molecule has 7 atom stereocenters. The lowest BCUT2D eigenvalue weighted by molar-refractivity contribution is -0.170. The highest BCUT2D eigenvalue weighted by atomic mass is 16.5. The van der Waals surface area contributed by atoms with E-state index in [1.807, 2.05) is 13.0 Å². The number of amides is 1. The standard InChI is InChI=1S/C34H43NO8/c1-32-16-13-23(36)19-22(32)9-10-24-25(32)14-17-33(2)26(24)15-18-34(33,41)27(37)20-43-29(39)12-11-28(38)35-30(31(40)42-3)21-7-5-4-6-8-21/h4-8,19,24-26,30,41H,9-18,20H2,1-3H3,(H,35,38)/t24-,25-,26-,30-,32+,33+,34+/m1/s1. The van der Waals surface area contributed by atoms with Gasteiger partial charge in [0.2, 0.25) is 11.7 Å². The van der Waals surface area contributed by atoms with Crippen LogP contribution in [0.1, 0.15) is 89.7 Å². The molecule has 1 aromatic rings. The number of hydrogen-bond acceptors (Lipinski definition) is 8. The molecule has 0 aliphatic heterocycles. The zero-order chi connectivity index (χ0) is 31.0. The number of carbonyl (C=O) groups excluding carboxylic acids is 5. The van der Waals surface area contributed by atoms with E-state index in [4.69, 9.17) is 9.47 Å². The molecule has 2 N–H and O–H groups in total. The van der Waals surface area contributed by atoms with Gasteiger partial charge in [-0.25, -0.2) is 4.79 Å². The summed E-state index contributed by atoms with van der Waals surface area (Å²) in [6.07, 6.45) is 7.33. The van der Waals surface area contributed by atoms with Crippen LogP contribution in [0, 0.1) is 28.6 Å². The molecule has 232 valence electrons. The second-order valence-electron chi connectivity index (χ2n) is 13.3. The minimum Gasteiger partial charge on any atom is -0.467 e. The van der Waals surface area contributed by atoms with Gasteiger partial charge in [-0.15, -0.1) is 0 Å². The lowest BCUT2D eigenvalue weighted by atomic mass is 9.46. The molecule has 43 heavy (non-hydrogen) atoms. The third-order valence-corrected chi connectivity index (χ3v) is 11.4. The number of fused-ring (bicyclic) bond motifs is 5. The highest BCUT2D eigenvalue weighted by Gasteiger charge is 2.66. The Morgan fingerprint density at radius 3 is 2.42 bits per heavy atom. The molecule has 0 aromatic heterocycles. The maximum Gasteiger partial charge on any atom is 0.333 e. The zero-order valence-corrected chi connectivity index (χ0v) is 25.4. The number of esters is 2. The number of hydrogen-bond donors (Lipinski definition) is 2. The van der Waals surface area contributed by atoms with E-state index in [-0.39, 0.29) is 30.0 Å². The molecule has 4 aliphatic rings. The first-order chi connectivity index (χ1) is 20.4. The Bertz CT molecular complexity index is 1320. The number of Topliss-reactive ketones (excluding diaryl/α,β-unsaturated/α-hetero) is 1. The van der Waals surface area contributed by atoms with Crippen LogP contribution >= 0.6 is 0 Å². The van der Waals surface area contributed by atoms with Gasteiger partial charge in [0.25, 0.3) is 0 Å². The topological polar surface area (TPSA) is 136 Å². The molecule has 1 aromatic carbocycles. The third-order valence-electron chi connectivity index (χ3n) is 11.4. The molecule has 5 rings (SSSR count). The summed E-state index contributed by atoms with van der Waals surface area (Å²) < 4.78 is 10.1. The van der Waals surface area contributed by atoms with Crippen LogP contribution in [0.2, 0.25) is 0 Å². The van der Waals surface area contributed by atoms with E-state index in [1.165, 1.54) is 12.7 Å². The summed E-state index contributed by atoms with van der Waals surface area (Å²) in [6, 6.07) is 7.63. The highest BCUT2D eigenvalue weighted by molar-refractivity contribution is 5.92. The van der Waals surface area contributed by atoms with Crippen LogP contribution in [0.15, 0.2) is 42.0 Å². The molecule has 0 bridgehead atoms.